The normalized spacial score (nSPS) is 18.6. The Kier molecular flexibility index (Phi) is 4.22. The third kappa shape index (κ3) is 3.35. The van der Waals surface area contributed by atoms with Crippen molar-refractivity contribution in [2.45, 2.75) is 45.6 Å². The standard InChI is InChI=1S/C15H21N5O2/c1-11-8-16-20(9-11)7-5-14(21)19-6-3-4-13(10-19)15-17-12(2)22-18-15/h8-9,13H,3-7,10H2,1-2H3/t13-/m0/s1. The van der Waals surface area contributed by atoms with Crippen LogP contribution in [-0.2, 0) is 11.3 Å². The zero-order valence-corrected chi connectivity index (χ0v) is 13.0. The number of nitrogens with zero attached hydrogens (tertiary/aromatic N) is 5. The highest BCUT2D eigenvalue weighted by Crippen LogP contribution is 2.25. The van der Waals surface area contributed by atoms with Crippen LogP contribution in [0.4, 0.5) is 0 Å². The molecule has 1 fully saturated rings. The van der Waals surface area contributed by atoms with Crippen molar-refractivity contribution in [2.24, 2.45) is 0 Å². The van der Waals surface area contributed by atoms with E-state index in [-0.39, 0.29) is 11.8 Å². The van der Waals surface area contributed by atoms with Crippen LogP contribution in [0.25, 0.3) is 0 Å². The molecule has 0 radical (unpaired) electrons. The van der Waals surface area contributed by atoms with Gasteiger partial charge in [-0.1, -0.05) is 5.16 Å². The van der Waals surface area contributed by atoms with Crippen LogP contribution in [0.1, 0.15) is 42.5 Å². The maximum Gasteiger partial charge on any atom is 0.224 e. The van der Waals surface area contributed by atoms with Crippen molar-refractivity contribution < 1.29 is 9.32 Å². The zero-order valence-electron chi connectivity index (χ0n) is 13.0. The van der Waals surface area contributed by atoms with Gasteiger partial charge in [0.1, 0.15) is 0 Å². The van der Waals surface area contributed by atoms with Crippen LogP contribution in [-0.4, -0.2) is 43.8 Å². The molecule has 0 spiro atoms. The Morgan fingerprint density at radius 1 is 1.45 bits per heavy atom. The maximum atomic E-state index is 12.4. The van der Waals surface area contributed by atoms with Gasteiger partial charge in [0.25, 0.3) is 0 Å². The van der Waals surface area contributed by atoms with E-state index in [2.05, 4.69) is 15.2 Å². The van der Waals surface area contributed by atoms with Gasteiger partial charge in [-0.25, -0.2) is 0 Å². The van der Waals surface area contributed by atoms with Gasteiger partial charge < -0.3 is 9.42 Å². The molecule has 0 unspecified atom stereocenters. The largest absolute Gasteiger partial charge is 0.342 e. The van der Waals surface area contributed by atoms with Crippen LogP contribution in [0.3, 0.4) is 0 Å². The van der Waals surface area contributed by atoms with E-state index in [0.717, 1.165) is 30.8 Å². The monoisotopic (exact) mass is 303 g/mol. The second kappa shape index (κ2) is 6.29. The Balaban J connectivity index is 1.55. The minimum Gasteiger partial charge on any atom is -0.342 e. The van der Waals surface area contributed by atoms with Crippen molar-refractivity contribution in [1.29, 1.82) is 0 Å². The lowest BCUT2D eigenvalue weighted by atomic mass is 9.97. The van der Waals surface area contributed by atoms with E-state index in [0.29, 0.717) is 25.4 Å². The molecule has 1 saturated heterocycles. The second-order valence-corrected chi connectivity index (χ2v) is 5.88. The van der Waals surface area contributed by atoms with Gasteiger partial charge in [0.05, 0.1) is 6.20 Å². The summed E-state index contributed by atoms with van der Waals surface area (Å²) >= 11 is 0. The number of likely N-dealkylation sites (tertiary alicyclic amines) is 1. The molecule has 0 N–H and O–H groups in total. The molecule has 118 valence electrons. The molecule has 7 heteroatoms. The summed E-state index contributed by atoms with van der Waals surface area (Å²) in [6.07, 6.45) is 6.21. The number of amides is 1. The number of rotatable bonds is 4. The topological polar surface area (TPSA) is 77.0 Å². The zero-order chi connectivity index (χ0) is 15.5. The van der Waals surface area contributed by atoms with E-state index in [1.165, 1.54) is 0 Å². The van der Waals surface area contributed by atoms with E-state index < -0.39 is 0 Å². The lowest BCUT2D eigenvalue weighted by molar-refractivity contribution is -0.132. The highest BCUT2D eigenvalue weighted by atomic mass is 16.5. The number of piperidine rings is 1. The van der Waals surface area contributed by atoms with E-state index in [9.17, 15) is 4.79 Å². The van der Waals surface area contributed by atoms with Crippen LogP contribution >= 0.6 is 0 Å². The maximum absolute atomic E-state index is 12.4. The van der Waals surface area contributed by atoms with Gasteiger partial charge in [-0.2, -0.15) is 10.1 Å². The second-order valence-electron chi connectivity index (χ2n) is 5.88. The summed E-state index contributed by atoms with van der Waals surface area (Å²) < 4.78 is 6.86. The summed E-state index contributed by atoms with van der Waals surface area (Å²) in [5.74, 6) is 1.64. The summed E-state index contributed by atoms with van der Waals surface area (Å²) in [6, 6.07) is 0. The molecule has 3 rings (SSSR count). The lowest BCUT2D eigenvalue weighted by Crippen LogP contribution is -2.39. The van der Waals surface area contributed by atoms with Crippen molar-refractivity contribution in [3.05, 3.63) is 29.7 Å². The van der Waals surface area contributed by atoms with Gasteiger partial charge in [-0.15, -0.1) is 0 Å². The molecule has 3 heterocycles. The van der Waals surface area contributed by atoms with Crippen molar-refractivity contribution in [2.75, 3.05) is 13.1 Å². The van der Waals surface area contributed by atoms with E-state index in [1.54, 1.807) is 13.1 Å². The third-order valence-electron chi connectivity index (χ3n) is 4.00. The molecule has 0 bridgehead atoms. The molecular formula is C15H21N5O2. The smallest absolute Gasteiger partial charge is 0.224 e. The number of aromatic nitrogens is 4. The SMILES string of the molecule is Cc1cnn(CCC(=O)N2CCC[C@H](c3noc(C)n3)C2)c1. The molecule has 1 aliphatic heterocycles. The van der Waals surface area contributed by atoms with E-state index >= 15 is 0 Å². The molecule has 1 aliphatic rings. The highest BCUT2D eigenvalue weighted by molar-refractivity contribution is 5.76. The molecule has 1 amide bonds. The number of hydrogen-bond acceptors (Lipinski definition) is 5. The minimum atomic E-state index is 0.165. The van der Waals surface area contributed by atoms with Gasteiger partial charge in [0, 0.05) is 45.1 Å². The molecular weight excluding hydrogens is 282 g/mol. The summed E-state index contributed by atoms with van der Waals surface area (Å²) in [4.78, 5) is 18.6. The quantitative estimate of drug-likeness (QED) is 0.859. The molecule has 0 aliphatic carbocycles. The third-order valence-corrected chi connectivity index (χ3v) is 4.00. The van der Waals surface area contributed by atoms with Gasteiger partial charge in [0.2, 0.25) is 11.8 Å². The molecule has 1 atom stereocenters. The van der Waals surface area contributed by atoms with Gasteiger partial charge in [-0.3, -0.25) is 9.48 Å². The van der Waals surface area contributed by atoms with Crippen molar-refractivity contribution in [3.8, 4) is 0 Å². The van der Waals surface area contributed by atoms with Gasteiger partial charge in [-0.05, 0) is 25.3 Å². The van der Waals surface area contributed by atoms with Crippen LogP contribution in [0.5, 0.6) is 0 Å². The van der Waals surface area contributed by atoms with Gasteiger partial charge >= 0.3 is 0 Å². The lowest BCUT2D eigenvalue weighted by Gasteiger charge is -2.31. The molecule has 22 heavy (non-hydrogen) atoms. The summed E-state index contributed by atoms with van der Waals surface area (Å²) in [7, 11) is 0. The molecule has 2 aromatic heterocycles. The van der Waals surface area contributed by atoms with Crippen LogP contribution in [0.2, 0.25) is 0 Å². The molecule has 0 aromatic carbocycles. The number of carbonyl (C=O) groups excluding carboxylic acids is 1. The fraction of sp³-hybridized carbons (Fsp3) is 0.600. The Morgan fingerprint density at radius 2 is 2.32 bits per heavy atom. The number of hydrogen-bond donors (Lipinski definition) is 0. The fourth-order valence-electron chi connectivity index (χ4n) is 2.85. The van der Waals surface area contributed by atoms with Crippen LogP contribution in [0.15, 0.2) is 16.9 Å². The Bertz CT molecular complexity index is 648. The summed E-state index contributed by atoms with van der Waals surface area (Å²) in [6.45, 7) is 5.89. The first-order valence-corrected chi connectivity index (χ1v) is 7.69. The first kappa shape index (κ1) is 14.7. The minimum absolute atomic E-state index is 0.165. The predicted molar refractivity (Wildman–Crippen MR) is 79.2 cm³/mol. The Hall–Kier alpha value is -2.18. The Labute approximate surface area is 129 Å². The average molecular weight is 303 g/mol. The summed E-state index contributed by atoms with van der Waals surface area (Å²) in [5.41, 5.74) is 1.11. The molecule has 0 saturated carbocycles. The first-order chi connectivity index (χ1) is 10.6. The van der Waals surface area contributed by atoms with E-state index in [1.807, 2.05) is 22.7 Å². The van der Waals surface area contributed by atoms with Gasteiger partial charge in [0.15, 0.2) is 5.82 Å². The molecule has 2 aromatic rings. The molecule has 7 nitrogen and oxygen atoms in total. The van der Waals surface area contributed by atoms with Crippen LogP contribution < -0.4 is 0 Å². The van der Waals surface area contributed by atoms with E-state index in [4.69, 9.17) is 4.52 Å². The van der Waals surface area contributed by atoms with Crippen molar-refractivity contribution in [1.82, 2.24) is 24.8 Å². The average Bonchev–Trinajstić information content (AvgIpc) is 3.13. The predicted octanol–water partition coefficient (Wildman–Crippen LogP) is 1.68. The van der Waals surface area contributed by atoms with Crippen molar-refractivity contribution >= 4 is 5.91 Å². The van der Waals surface area contributed by atoms with Crippen molar-refractivity contribution in [3.63, 3.8) is 0 Å². The number of carbonyl (C=O) groups is 1. The van der Waals surface area contributed by atoms with Crippen LogP contribution in [0, 0.1) is 13.8 Å². The Morgan fingerprint density at radius 3 is 3.00 bits per heavy atom. The fourth-order valence-corrected chi connectivity index (χ4v) is 2.85. The number of aryl methyl sites for hydroxylation is 3. The highest BCUT2D eigenvalue weighted by Gasteiger charge is 2.27. The summed E-state index contributed by atoms with van der Waals surface area (Å²) in [5, 5.41) is 8.20. The first-order valence-electron chi connectivity index (χ1n) is 7.69.